The minimum Gasteiger partial charge on any atom is -0.478 e. The molecular formula is C21H16BrFN4O3. The average molecular weight is 471 g/mol. The quantitative estimate of drug-likeness (QED) is 0.420. The van der Waals surface area contributed by atoms with E-state index in [9.17, 15) is 4.79 Å². The van der Waals surface area contributed by atoms with E-state index in [1.54, 1.807) is 49.5 Å². The molecule has 1 atom stereocenters. The molecule has 0 saturated carbocycles. The smallest absolute Gasteiger partial charge is 0.346 e. The van der Waals surface area contributed by atoms with Gasteiger partial charge in [0.1, 0.15) is 17.9 Å². The van der Waals surface area contributed by atoms with Crippen molar-refractivity contribution in [2.24, 2.45) is 0 Å². The first-order valence-corrected chi connectivity index (χ1v) is 9.76. The van der Waals surface area contributed by atoms with Gasteiger partial charge in [0.25, 0.3) is 0 Å². The summed E-state index contributed by atoms with van der Waals surface area (Å²) in [5.74, 6) is -0.289. The highest BCUT2D eigenvalue weighted by Gasteiger charge is 2.20. The van der Waals surface area contributed by atoms with Gasteiger partial charge in [-0.05, 0) is 43.3 Å². The Kier molecular flexibility index (Phi) is 5.45. The zero-order valence-corrected chi connectivity index (χ0v) is 17.6. The minimum atomic E-state index is -0.857. The minimum absolute atomic E-state index is 0.227. The van der Waals surface area contributed by atoms with Gasteiger partial charge in [-0.15, -0.1) is 0 Å². The molecule has 0 bridgehead atoms. The van der Waals surface area contributed by atoms with E-state index in [-0.39, 0.29) is 5.69 Å². The molecule has 2 heterocycles. The standard InChI is InChI=1S/C21H16BrFN4O3/c1-11(21(28)29-2)30-17-9-12(22)8-16-18(17)20(26-10-25-16)27-15-6-5-14-13(19(15)23)4-3-7-24-14/h3-11H,1-2H3,(H,25,26,27). The summed E-state index contributed by atoms with van der Waals surface area (Å²) in [5, 5.41) is 3.91. The third kappa shape index (κ3) is 3.76. The summed E-state index contributed by atoms with van der Waals surface area (Å²) >= 11 is 3.41. The van der Waals surface area contributed by atoms with E-state index in [1.807, 2.05) is 0 Å². The second kappa shape index (κ2) is 8.19. The number of ether oxygens (including phenoxy) is 2. The number of nitrogens with zero attached hydrogens (tertiary/aromatic N) is 3. The number of hydrogen-bond donors (Lipinski definition) is 1. The van der Waals surface area contributed by atoms with Gasteiger partial charge in [0, 0.05) is 16.1 Å². The molecule has 0 radical (unpaired) electrons. The van der Waals surface area contributed by atoms with Crippen LogP contribution in [-0.2, 0) is 9.53 Å². The molecule has 0 saturated heterocycles. The summed E-state index contributed by atoms with van der Waals surface area (Å²) in [5.41, 5.74) is 1.33. The molecule has 30 heavy (non-hydrogen) atoms. The highest BCUT2D eigenvalue weighted by atomic mass is 79.9. The lowest BCUT2D eigenvalue weighted by molar-refractivity contribution is -0.147. The maximum absolute atomic E-state index is 15.0. The van der Waals surface area contributed by atoms with Gasteiger partial charge in [-0.1, -0.05) is 15.9 Å². The molecule has 7 nitrogen and oxygen atoms in total. The Balaban J connectivity index is 1.82. The highest BCUT2D eigenvalue weighted by molar-refractivity contribution is 9.10. The number of esters is 1. The SMILES string of the molecule is COC(=O)C(C)Oc1cc(Br)cc2ncnc(Nc3ccc4ncccc4c3F)c12. The predicted molar refractivity (Wildman–Crippen MR) is 114 cm³/mol. The summed E-state index contributed by atoms with van der Waals surface area (Å²) in [4.78, 5) is 24.5. The highest BCUT2D eigenvalue weighted by Crippen LogP contribution is 2.36. The third-order valence-corrected chi connectivity index (χ3v) is 4.93. The molecular weight excluding hydrogens is 455 g/mol. The van der Waals surface area contributed by atoms with Gasteiger partial charge in [0.05, 0.1) is 29.2 Å². The number of pyridine rings is 1. The molecule has 2 aromatic heterocycles. The van der Waals surface area contributed by atoms with Crippen LogP contribution in [0.25, 0.3) is 21.8 Å². The molecule has 2 aromatic carbocycles. The van der Waals surface area contributed by atoms with Gasteiger partial charge in [-0.3, -0.25) is 4.98 Å². The third-order valence-electron chi connectivity index (χ3n) is 4.48. The van der Waals surface area contributed by atoms with E-state index in [2.05, 4.69) is 36.2 Å². The maximum Gasteiger partial charge on any atom is 0.346 e. The zero-order valence-electron chi connectivity index (χ0n) is 16.0. The van der Waals surface area contributed by atoms with Crippen LogP contribution in [0.5, 0.6) is 5.75 Å². The first kappa shape index (κ1) is 20.0. The van der Waals surface area contributed by atoms with Crippen LogP contribution >= 0.6 is 15.9 Å². The van der Waals surface area contributed by atoms with Crippen molar-refractivity contribution in [3.63, 3.8) is 0 Å². The molecule has 0 amide bonds. The Labute approximate surface area is 179 Å². The van der Waals surface area contributed by atoms with Crippen molar-refractivity contribution in [1.29, 1.82) is 0 Å². The van der Waals surface area contributed by atoms with E-state index in [1.165, 1.54) is 13.4 Å². The second-order valence-electron chi connectivity index (χ2n) is 6.43. The van der Waals surface area contributed by atoms with Gasteiger partial charge >= 0.3 is 5.97 Å². The molecule has 0 spiro atoms. The number of carbonyl (C=O) groups is 1. The fraction of sp³-hybridized carbons (Fsp3) is 0.143. The lowest BCUT2D eigenvalue weighted by Gasteiger charge is -2.17. The number of carbonyl (C=O) groups excluding carboxylic acids is 1. The van der Waals surface area contributed by atoms with Gasteiger partial charge in [-0.25, -0.2) is 19.2 Å². The number of nitrogens with one attached hydrogen (secondary N) is 1. The van der Waals surface area contributed by atoms with Crippen LogP contribution in [0.2, 0.25) is 0 Å². The van der Waals surface area contributed by atoms with Crippen LogP contribution in [-0.4, -0.2) is 34.1 Å². The fourth-order valence-corrected chi connectivity index (χ4v) is 3.48. The second-order valence-corrected chi connectivity index (χ2v) is 7.34. The monoisotopic (exact) mass is 470 g/mol. The van der Waals surface area contributed by atoms with E-state index in [4.69, 9.17) is 9.47 Å². The van der Waals surface area contributed by atoms with Gasteiger partial charge in [0.15, 0.2) is 11.9 Å². The van der Waals surface area contributed by atoms with Crippen molar-refractivity contribution in [2.45, 2.75) is 13.0 Å². The van der Waals surface area contributed by atoms with Crippen molar-refractivity contribution in [3.05, 3.63) is 59.2 Å². The lowest BCUT2D eigenvalue weighted by Crippen LogP contribution is -2.25. The van der Waals surface area contributed by atoms with Crippen LogP contribution in [0, 0.1) is 5.82 Å². The normalized spacial score (nSPS) is 12.0. The predicted octanol–water partition coefficient (Wildman–Crippen LogP) is 4.76. The first-order chi connectivity index (χ1) is 14.5. The number of benzene rings is 2. The number of rotatable bonds is 5. The van der Waals surface area contributed by atoms with Crippen LogP contribution in [0.3, 0.4) is 0 Å². The maximum atomic E-state index is 15.0. The van der Waals surface area contributed by atoms with Crippen LogP contribution in [0.4, 0.5) is 15.9 Å². The van der Waals surface area contributed by atoms with Crippen molar-refractivity contribution < 1.29 is 18.7 Å². The van der Waals surface area contributed by atoms with E-state index < -0.39 is 17.9 Å². The molecule has 1 unspecified atom stereocenters. The number of hydrogen-bond acceptors (Lipinski definition) is 7. The van der Waals surface area contributed by atoms with Crippen molar-refractivity contribution >= 4 is 55.2 Å². The summed E-state index contributed by atoms with van der Waals surface area (Å²) in [6.45, 7) is 1.57. The lowest BCUT2D eigenvalue weighted by atomic mass is 10.1. The molecule has 4 aromatic rings. The largest absolute Gasteiger partial charge is 0.478 e. The Morgan fingerprint density at radius 3 is 2.80 bits per heavy atom. The molecule has 1 N–H and O–H groups in total. The number of halogens is 2. The van der Waals surface area contributed by atoms with Gasteiger partial charge in [0.2, 0.25) is 0 Å². The van der Waals surface area contributed by atoms with Crippen LogP contribution < -0.4 is 10.1 Å². The molecule has 0 fully saturated rings. The summed E-state index contributed by atoms with van der Waals surface area (Å²) in [6, 6.07) is 10.1. The molecule has 0 aliphatic heterocycles. The van der Waals surface area contributed by atoms with Crippen molar-refractivity contribution in [1.82, 2.24) is 15.0 Å². The van der Waals surface area contributed by atoms with Crippen LogP contribution in [0.15, 0.2) is 53.4 Å². The van der Waals surface area contributed by atoms with Crippen molar-refractivity contribution in [2.75, 3.05) is 12.4 Å². The van der Waals surface area contributed by atoms with E-state index in [0.717, 1.165) is 0 Å². The Morgan fingerprint density at radius 1 is 1.17 bits per heavy atom. The summed E-state index contributed by atoms with van der Waals surface area (Å²) in [6.07, 6.45) is 2.12. The molecule has 9 heteroatoms. The Morgan fingerprint density at radius 2 is 2.00 bits per heavy atom. The number of methoxy groups -OCH3 is 1. The number of fused-ring (bicyclic) bond motifs is 2. The summed E-state index contributed by atoms with van der Waals surface area (Å²) < 4.78 is 26.3. The first-order valence-electron chi connectivity index (χ1n) is 8.97. The summed E-state index contributed by atoms with van der Waals surface area (Å²) in [7, 11) is 1.29. The zero-order chi connectivity index (χ0) is 21.3. The van der Waals surface area contributed by atoms with E-state index in [0.29, 0.717) is 37.8 Å². The van der Waals surface area contributed by atoms with E-state index >= 15 is 4.39 Å². The number of aromatic nitrogens is 3. The molecule has 152 valence electrons. The number of anilines is 2. The van der Waals surface area contributed by atoms with Gasteiger partial charge < -0.3 is 14.8 Å². The molecule has 0 aliphatic rings. The Bertz CT molecular complexity index is 1270. The molecule has 4 rings (SSSR count). The molecule has 0 aliphatic carbocycles. The average Bonchev–Trinajstić information content (AvgIpc) is 2.75. The fourth-order valence-electron chi connectivity index (χ4n) is 3.05. The van der Waals surface area contributed by atoms with Gasteiger partial charge in [-0.2, -0.15) is 0 Å². The van der Waals surface area contributed by atoms with Crippen LogP contribution in [0.1, 0.15) is 6.92 Å². The Hall–Kier alpha value is -3.33. The topological polar surface area (TPSA) is 86.2 Å². The van der Waals surface area contributed by atoms with Crippen molar-refractivity contribution in [3.8, 4) is 5.75 Å².